The van der Waals surface area contributed by atoms with Crippen molar-refractivity contribution in [3.63, 3.8) is 0 Å². The van der Waals surface area contributed by atoms with E-state index in [4.69, 9.17) is 0 Å². The Morgan fingerprint density at radius 3 is 2.37 bits per heavy atom. The summed E-state index contributed by atoms with van der Waals surface area (Å²) >= 11 is 0. The Morgan fingerprint density at radius 1 is 1.11 bits per heavy atom. The topological polar surface area (TPSA) is 62.5 Å². The third kappa shape index (κ3) is 5.70. The molecule has 186 valence electrons. The summed E-state index contributed by atoms with van der Waals surface area (Å²) in [4.78, 5) is 17.4. The minimum absolute atomic E-state index is 0.0169. The second kappa shape index (κ2) is 10.2. The van der Waals surface area contributed by atoms with Crippen LogP contribution in [0, 0.1) is 11.7 Å². The molecular formula is C25H26F4N4O2. The molecule has 4 rings (SSSR count). The van der Waals surface area contributed by atoms with Crippen molar-refractivity contribution in [3.8, 4) is 11.5 Å². The largest absolute Gasteiger partial charge is 0.470 e. The van der Waals surface area contributed by atoms with E-state index >= 15 is 4.39 Å². The number of likely N-dealkylation sites (tertiary alicyclic amines) is 1. The third-order valence-corrected chi connectivity index (χ3v) is 6.24. The van der Waals surface area contributed by atoms with Gasteiger partial charge in [-0.2, -0.15) is 13.2 Å². The maximum Gasteiger partial charge on any atom is 0.470 e. The van der Waals surface area contributed by atoms with E-state index in [0.717, 1.165) is 32.0 Å². The van der Waals surface area contributed by atoms with E-state index in [1.807, 2.05) is 18.2 Å². The first kappa shape index (κ1) is 24.8. The van der Waals surface area contributed by atoms with Gasteiger partial charge in [0.2, 0.25) is 11.8 Å². The highest BCUT2D eigenvalue weighted by atomic mass is 19.4. The zero-order chi connectivity index (χ0) is 25.2. The van der Waals surface area contributed by atoms with Crippen LogP contribution in [0.15, 0.2) is 52.9 Å². The van der Waals surface area contributed by atoms with Gasteiger partial charge in [0.1, 0.15) is 5.82 Å². The van der Waals surface area contributed by atoms with E-state index in [0.29, 0.717) is 11.7 Å². The Morgan fingerprint density at radius 2 is 1.80 bits per heavy atom. The fourth-order valence-electron chi connectivity index (χ4n) is 4.22. The monoisotopic (exact) mass is 490 g/mol. The average molecular weight is 491 g/mol. The Bertz CT molecular complexity index is 1160. The fraction of sp³-hybridized carbons (Fsp3) is 0.400. The van der Waals surface area contributed by atoms with E-state index in [-0.39, 0.29) is 29.5 Å². The molecule has 6 nitrogen and oxygen atoms in total. The smallest absolute Gasteiger partial charge is 0.413 e. The molecule has 1 aromatic heterocycles. The summed E-state index contributed by atoms with van der Waals surface area (Å²) < 4.78 is 57.9. The molecule has 0 N–H and O–H groups in total. The molecule has 10 heteroatoms. The number of alkyl halides is 3. The molecule has 1 fully saturated rings. The second-order valence-electron chi connectivity index (χ2n) is 8.88. The maximum atomic E-state index is 15.0. The number of para-hydroxylation sites is 1. The Labute approximate surface area is 200 Å². The van der Waals surface area contributed by atoms with Crippen LogP contribution in [0.5, 0.6) is 0 Å². The van der Waals surface area contributed by atoms with E-state index in [2.05, 4.69) is 33.4 Å². The lowest BCUT2D eigenvalue weighted by molar-refractivity contribution is -0.157. The quantitative estimate of drug-likeness (QED) is 0.424. The van der Waals surface area contributed by atoms with Crippen molar-refractivity contribution >= 4 is 11.6 Å². The fourth-order valence-corrected chi connectivity index (χ4v) is 4.22. The molecule has 1 saturated heterocycles. The van der Waals surface area contributed by atoms with Crippen molar-refractivity contribution in [1.82, 2.24) is 15.1 Å². The summed E-state index contributed by atoms with van der Waals surface area (Å²) in [7, 11) is 0. The van der Waals surface area contributed by atoms with Gasteiger partial charge in [-0.15, -0.1) is 10.2 Å². The van der Waals surface area contributed by atoms with Gasteiger partial charge in [0, 0.05) is 28.8 Å². The SMILES string of the molecule is CC(C)N1CCC(C(=O)N(Cc2ccc(-c3nnc(C(F)(F)F)o3)cc2F)c2ccccc2)CC1. The Balaban J connectivity index is 1.56. The number of benzene rings is 2. The number of carbonyl (C=O) groups excluding carboxylic acids is 1. The average Bonchev–Trinajstić information content (AvgIpc) is 3.35. The van der Waals surface area contributed by atoms with Gasteiger partial charge in [0.15, 0.2) is 0 Å². The van der Waals surface area contributed by atoms with Crippen LogP contribution in [-0.2, 0) is 17.5 Å². The van der Waals surface area contributed by atoms with Crippen LogP contribution in [0.1, 0.15) is 38.1 Å². The molecule has 2 heterocycles. The first-order chi connectivity index (χ1) is 16.6. The van der Waals surface area contributed by atoms with Crippen molar-refractivity contribution < 1.29 is 26.8 Å². The number of piperidine rings is 1. The van der Waals surface area contributed by atoms with E-state index in [1.54, 1.807) is 17.0 Å². The zero-order valence-electron chi connectivity index (χ0n) is 19.4. The normalized spacial score (nSPS) is 15.5. The van der Waals surface area contributed by atoms with Crippen LogP contribution in [-0.4, -0.2) is 40.1 Å². The molecule has 1 aliphatic rings. The predicted octanol–water partition coefficient (Wildman–Crippen LogP) is 5.55. The molecule has 3 aromatic rings. The molecule has 35 heavy (non-hydrogen) atoms. The number of halogens is 4. The number of anilines is 1. The van der Waals surface area contributed by atoms with Gasteiger partial charge < -0.3 is 14.2 Å². The van der Waals surface area contributed by atoms with E-state index in [9.17, 15) is 18.0 Å². The molecule has 1 amide bonds. The summed E-state index contributed by atoms with van der Waals surface area (Å²) in [6, 6.07) is 13.3. The standard InChI is InChI=1S/C25H26F4N4O2/c1-16(2)32-12-10-17(11-13-32)23(34)33(20-6-4-3-5-7-20)15-19-9-8-18(14-21(19)26)22-30-31-24(35-22)25(27,28)29/h3-9,14,16-17H,10-13,15H2,1-2H3. The zero-order valence-corrected chi connectivity index (χ0v) is 19.4. The highest BCUT2D eigenvalue weighted by molar-refractivity contribution is 5.95. The Hall–Kier alpha value is -3.27. The lowest BCUT2D eigenvalue weighted by Crippen LogP contribution is -2.44. The number of aromatic nitrogens is 2. The van der Waals surface area contributed by atoms with Gasteiger partial charge in [-0.1, -0.05) is 24.3 Å². The van der Waals surface area contributed by atoms with Crippen LogP contribution in [0.25, 0.3) is 11.5 Å². The number of hydrogen-bond acceptors (Lipinski definition) is 5. The second-order valence-corrected chi connectivity index (χ2v) is 8.88. The molecule has 0 atom stereocenters. The molecule has 2 aromatic carbocycles. The van der Waals surface area contributed by atoms with Crippen LogP contribution in [0.4, 0.5) is 23.2 Å². The van der Waals surface area contributed by atoms with Crippen molar-refractivity contribution in [3.05, 3.63) is 65.8 Å². The molecule has 0 radical (unpaired) electrons. The summed E-state index contributed by atoms with van der Waals surface area (Å²) in [6.07, 6.45) is -3.34. The molecule has 0 spiro atoms. The number of amides is 1. The number of nitrogens with zero attached hydrogens (tertiary/aromatic N) is 4. The molecule has 0 bridgehead atoms. The number of rotatable bonds is 6. The van der Waals surface area contributed by atoms with Crippen molar-refractivity contribution in [1.29, 1.82) is 0 Å². The number of carbonyl (C=O) groups is 1. The highest BCUT2D eigenvalue weighted by Crippen LogP contribution is 2.31. The third-order valence-electron chi connectivity index (χ3n) is 6.24. The minimum Gasteiger partial charge on any atom is -0.413 e. The summed E-state index contributed by atoms with van der Waals surface area (Å²) in [5.74, 6) is -2.86. The van der Waals surface area contributed by atoms with E-state index < -0.39 is 23.8 Å². The van der Waals surface area contributed by atoms with E-state index in [1.165, 1.54) is 12.1 Å². The lowest BCUT2D eigenvalue weighted by atomic mass is 9.94. The first-order valence-electron chi connectivity index (χ1n) is 11.4. The van der Waals surface area contributed by atoms with Gasteiger partial charge >= 0.3 is 12.1 Å². The minimum atomic E-state index is -4.79. The summed E-state index contributed by atoms with van der Waals surface area (Å²) in [5, 5.41) is 6.34. The lowest BCUT2D eigenvalue weighted by Gasteiger charge is -2.36. The van der Waals surface area contributed by atoms with Gasteiger partial charge in [-0.05, 0) is 64.0 Å². The predicted molar refractivity (Wildman–Crippen MR) is 122 cm³/mol. The first-order valence-corrected chi connectivity index (χ1v) is 11.4. The molecular weight excluding hydrogens is 464 g/mol. The van der Waals surface area contributed by atoms with Gasteiger partial charge in [0.05, 0.1) is 6.54 Å². The maximum absolute atomic E-state index is 15.0. The van der Waals surface area contributed by atoms with Crippen LogP contribution >= 0.6 is 0 Å². The Kier molecular flexibility index (Phi) is 7.20. The summed E-state index contributed by atoms with van der Waals surface area (Å²) in [5.41, 5.74) is 0.896. The summed E-state index contributed by atoms with van der Waals surface area (Å²) in [6.45, 7) is 5.89. The van der Waals surface area contributed by atoms with Gasteiger partial charge in [0.25, 0.3) is 0 Å². The molecule has 1 aliphatic heterocycles. The van der Waals surface area contributed by atoms with Gasteiger partial charge in [-0.3, -0.25) is 4.79 Å². The van der Waals surface area contributed by atoms with Crippen molar-refractivity contribution in [2.45, 2.75) is 45.5 Å². The van der Waals surface area contributed by atoms with Crippen LogP contribution in [0.2, 0.25) is 0 Å². The number of hydrogen-bond donors (Lipinski definition) is 0. The molecule has 0 unspecified atom stereocenters. The highest BCUT2D eigenvalue weighted by Gasteiger charge is 2.38. The van der Waals surface area contributed by atoms with Gasteiger partial charge in [-0.25, -0.2) is 4.39 Å². The molecule has 0 saturated carbocycles. The van der Waals surface area contributed by atoms with Crippen molar-refractivity contribution in [2.75, 3.05) is 18.0 Å². The van der Waals surface area contributed by atoms with Crippen molar-refractivity contribution in [2.24, 2.45) is 5.92 Å². The van der Waals surface area contributed by atoms with Crippen LogP contribution in [0.3, 0.4) is 0 Å². The molecule has 0 aliphatic carbocycles. The van der Waals surface area contributed by atoms with Crippen LogP contribution < -0.4 is 4.90 Å².